The van der Waals surface area contributed by atoms with Gasteiger partial charge in [0.25, 0.3) is 15.9 Å². The van der Waals surface area contributed by atoms with Crippen molar-refractivity contribution in [2.24, 2.45) is 0 Å². The minimum atomic E-state index is -3.80. The third-order valence-corrected chi connectivity index (χ3v) is 6.05. The number of nitrogens with one attached hydrogen (secondary N) is 1. The van der Waals surface area contributed by atoms with Gasteiger partial charge in [0.2, 0.25) is 0 Å². The van der Waals surface area contributed by atoms with E-state index >= 15 is 0 Å². The molecule has 0 unspecified atom stereocenters. The maximum atomic E-state index is 12.8. The summed E-state index contributed by atoms with van der Waals surface area (Å²) in [5.41, 5.74) is 1.64. The average molecular weight is 441 g/mol. The molecule has 0 saturated carbocycles. The molecule has 8 heteroatoms. The van der Waals surface area contributed by atoms with Crippen LogP contribution in [-0.4, -0.2) is 40.5 Å². The minimum Gasteiger partial charge on any atom is -0.497 e. The molecule has 1 amide bonds. The molecule has 0 spiro atoms. The van der Waals surface area contributed by atoms with E-state index in [0.717, 1.165) is 11.3 Å². The van der Waals surface area contributed by atoms with Crippen LogP contribution in [0.1, 0.15) is 15.9 Å². The second-order valence-corrected chi connectivity index (χ2v) is 8.55. The first-order valence-corrected chi connectivity index (χ1v) is 11.0. The van der Waals surface area contributed by atoms with Gasteiger partial charge in [0.1, 0.15) is 11.5 Å². The van der Waals surface area contributed by atoms with E-state index in [-0.39, 0.29) is 10.8 Å². The normalized spacial score (nSPS) is 10.9. The number of sulfonamides is 1. The summed E-state index contributed by atoms with van der Waals surface area (Å²) in [4.78, 5) is 14.5. The Labute approximate surface area is 182 Å². The summed E-state index contributed by atoms with van der Waals surface area (Å²) in [6.45, 7) is 0.407. The monoisotopic (exact) mass is 440 g/mol. The lowest BCUT2D eigenvalue weighted by atomic mass is 10.1. The summed E-state index contributed by atoms with van der Waals surface area (Å²) in [7, 11) is 1.00. The van der Waals surface area contributed by atoms with Crippen LogP contribution in [0.4, 0.5) is 5.69 Å². The molecule has 0 aliphatic carbocycles. The fourth-order valence-electron chi connectivity index (χ4n) is 2.98. The molecule has 0 fully saturated rings. The average Bonchev–Trinajstić information content (AvgIpc) is 2.79. The number of nitrogens with zero attached hydrogens (tertiary/aromatic N) is 1. The van der Waals surface area contributed by atoms with Gasteiger partial charge in [0.05, 0.1) is 19.1 Å². The van der Waals surface area contributed by atoms with Gasteiger partial charge < -0.3 is 14.4 Å². The summed E-state index contributed by atoms with van der Waals surface area (Å²) >= 11 is 0. The number of amides is 1. The zero-order valence-corrected chi connectivity index (χ0v) is 18.3. The van der Waals surface area contributed by atoms with Crippen LogP contribution in [0, 0.1) is 0 Å². The van der Waals surface area contributed by atoms with E-state index in [1.807, 2.05) is 24.3 Å². The van der Waals surface area contributed by atoms with Gasteiger partial charge in [0.15, 0.2) is 0 Å². The standard InChI is InChI=1S/C23H24N2O5S/c1-25(16-17-7-9-20(29-2)10-8-17)23(26)18-5-4-6-19(15-18)24-31(27,28)22-13-11-21(30-3)12-14-22/h4-15,24H,16H2,1-3H3. The molecule has 0 radical (unpaired) electrons. The Kier molecular flexibility index (Phi) is 6.81. The number of ether oxygens (including phenoxy) is 2. The largest absolute Gasteiger partial charge is 0.497 e. The molecule has 0 bridgehead atoms. The molecule has 0 aliphatic rings. The van der Waals surface area contributed by atoms with Crippen molar-refractivity contribution < 1.29 is 22.7 Å². The fraction of sp³-hybridized carbons (Fsp3) is 0.174. The van der Waals surface area contributed by atoms with E-state index in [9.17, 15) is 13.2 Å². The van der Waals surface area contributed by atoms with Gasteiger partial charge in [0, 0.05) is 24.8 Å². The molecule has 0 saturated heterocycles. The van der Waals surface area contributed by atoms with E-state index < -0.39 is 10.0 Å². The highest BCUT2D eigenvalue weighted by atomic mass is 32.2. The zero-order chi connectivity index (χ0) is 22.4. The highest BCUT2D eigenvalue weighted by Crippen LogP contribution is 2.21. The number of rotatable bonds is 8. The highest BCUT2D eigenvalue weighted by molar-refractivity contribution is 7.92. The van der Waals surface area contributed by atoms with Crippen molar-refractivity contribution in [3.05, 3.63) is 83.9 Å². The van der Waals surface area contributed by atoms with E-state index in [1.165, 1.54) is 25.3 Å². The Bertz CT molecular complexity index is 1140. The Balaban J connectivity index is 1.72. The third kappa shape index (κ3) is 5.55. The lowest BCUT2D eigenvalue weighted by Crippen LogP contribution is -2.26. The van der Waals surface area contributed by atoms with Crippen molar-refractivity contribution in [1.29, 1.82) is 0 Å². The van der Waals surface area contributed by atoms with Crippen LogP contribution in [0.25, 0.3) is 0 Å². The van der Waals surface area contributed by atoms with Gasteiger partial charge in [-0.05, 0) is 60.2 Å². The smallest absolute Gasteiger partial charge is 0.261 e. The predicted octanol–water partition coefficient (Wildman–Crippen LogP) is 3.78. The minimum absolute atomic E-state index is 0.0988. The molecule has 3 aromatic rings. The molecule has 162 valence electrons. The van der Waals surface area contributed by atoms with Gasteiger partial charge in [-0.2, -0.15) is 0 Å². The Morgan fingerprint density at radius 3 is 2.06 bits per heavy atom. The number of carbonyl (C=O) groups is 1. The number of carbonyl (C=O) groups excluding carboxylic acids is 1. The summed E-state index contributed by atoms with van der Waals surface area (Å²) in [5, 5.41) is 0. The third-order valence-electron chi connectivity index (χ3n) is 4.66. The van der Waals surface area contributed by atoms with E-state index in [2.05, 4.69) is 4.72 Å². The van der Waals surface area contributed by atoms with Crippen molar-refractivity contribution in [2.45, 2.75) is 11.4 Å². The number of hydrogen-bond donors (Lipinski definition) is 1. The molecule has 3 aromatic carbocycles. The maximum Gasteiger partial charge on any atom is 0.261 e. The Morgan fingerprint density at radius 1 is 0.903 bits per heavy atom. The van der Waals surface area contributed by atoms with Gasteiger partial charge >= 0.3 is 0 Å². The number of methoxy groups -OCH3 is 2. The first kappa shape index (κ1) is 22.2. The van der Waals surface area contributed by atoms with Crippen LogP contribution in [0.2, 0.25) is 0 Å². The molecule has 0 atom stereocenters. The summed E-state index contributed by atoms with van der Waals surface area (Å²) < 4.78 is 38.0. The van der Waals surface area contributed by atoms with Gasteiger partial charge in [-0.3, -0.25) is 9.52 Å². The molecule has 7 nitrogen and oxygen atoms in total. The molecular formula is C23H24N2O5S. The van der Waals surface area contributed by atoms with Gasteiger partial charge in [-0.15, -0.1) is 0 Å². The topological polar surface area (TPSA) is 84.9 Å². The van der Waals surface area contributed by atoms with Crippen molar-refractivity contribution >= 4 is 21.6 Å². The lowest BCUT2D eigenvalue weighted by Gasteiger charge is -2.18. The Hall–Kier alpha value is -3.52. The van der Waals surface area contributed by atoms with Crippen LogP contribution < -0.4 is 14.2 Å². The summed E-state index contributed by atoms with van der Waals surface area (Å²) in [5.74, 6) is 1.09. The summed E-state index contributed by atoms with van der Waals surface area (Å²) in [6, 6.07) is 19.9. The molecule has 1 N–H and O–H groups in total. The molecule has 0 heterocycles. The lowest BCUT2D eigenvalue weighted by molar-refractivity contribution is 0.0785. The maximum absolute atomic E-state index is 12.8. The van der Waals surface area contributed by atoms with E-state index in [0.29, 0.717) is 23.5 Å². The first-order chi connectivity index (χ1) is 14.8. The van der Waals surface area contributed by atoms with Gasteiger partial charge in [-0.1, -0.05) is 18.2 Å². The van der Waals surface area contributed by atoms with Gasteiger partial charge in [-0.25, -0.2) is 8.42 Å². The number of hydrogen-bond acceptors (Lipinski definition) is 5. The Morgan fingerprint density at radius 2 is 1.48 bits per heavy atom. The highest BCUT2D eigenvalue weighted by Gasteiger charge is 2.17. The van der Waals surface area contributed by atoms with Crippen molar-refractivity contribution in [3.63, 3.8) is 0 Å². The van der Waals surface area contributed by atoms with Crippen molar-refractivity contribution in [2.75, 3.05) is 26.0 Å². The number of anilines is 1. The second kappa shape index (κ2) is 9.53. The molecule has 0 aromatic heterocycles. The van der Waals surface area contributed by atoms with Crippen LogP contribution in [0.5, 0.6) is 11.5 Å². The molecular weight excluding hydrogens is 416 g/mol. The van der Waals surface area contributed by atoms with E-state index in [1.54, 1.807) is 49.4 Å². The van der Waals surface area contributed by atoms with Crippen LogP contribution >= 0.6 is 0 Å². The van der Waals surface area contributed by atoms with Crippen LogP contribution in [-0.2, 0) is 16.6 Å². The first-order valence-electron chi connectivity index (χ1n) is 9.48. The molecule has 0 aliphatic heterocycles. The van der Waals surface area contributed by atoms with Crippen LogP contribution in [0.15, 0.2) is 77.7 Å². The van der Waals surface area contributed by atoms with E-state index in [4.69, 9.17) is 9.47 Å². The predicted molar refractivity (Wildman–Crippen MR) is 119 cm³/mol. The number of benzene rings is 3. The van der Waals surface area contributed by atoms with Crippen molar-refractivity contribution in [1.82, 2.24) is 4.90 Å². The molecule has 31 heavy (non-hydrogen) atoms. The SMILES string of the molecule is COc1ccc(CN(C)C(=O)c2cccc(NS(=O)(=O)c3ccc(OC)cc3)c2)cc1. The zero-order valence-electron chi connectivity index (χ0n) is 17.5. The van der Waals surface area contributed by atoms with Crippen LogP contribution in [0.3, 0.4) is 0 Å². The second-order valence-electron chi connectivity index (χ2n) is 6.87. The fourth-order valence-corrected chi connectivity index (χ4v) is 4.03. The molecule has 3 rings (SSSR count). The van der Waals surface area contributed by atoms with Crippen molar-refractivity contribution in [3.8, 4) is 11.5 Å². The quantitative estimate of drug-likeness (QED) is 0.576. The summed E-state index contributed by atoms with van der Waals surface area (Å²) in [6.07, 6.45) is 0.